The summed E-state index contributed by atoms with van der Waals surface area (Å²) in [6, 6.07) is -6.62. The molecule has 0 bridgehead atoms. The summed E-state index contributed by atoms with van der Waals surface area (Å²) in [6.45, 7) is 2.83. The maximum Gasteiger partial charge on any atom is 0.326 e. The molecule has 0 spiro atoms. The lowest BCUT2D eigenvalue weighted by atomic mass is 10.1. The van der Waals surface area contributed by atoms with Crippen LogP contribution in [0, 0.1) is 0 Å². The van der Waals surface area contributed by atoms with E-state index in [-0.39, 0.29) is 19.3 Å². The Hall–Kier alpha value is -3.79. The number of amides is 4. The van der Waals surface area contributed by atoms with Crippen LogP contribution < -0.4 is 32.7 Å². The van der Waals surface area contributed by atoms with Crippen molar-refractivity contribution in [3.8, 4) is 0 Å². The molecular formula is C21H36N6O10. The highest BCUT2D eigenvalue weighted by Crippen LogP contribution is 2.03. The molecular weight excluding hydrogens is 496 g/mol. The van der Waals surface area contributed by atoms with Gasteiger partial charge in [0.1, 0.15) is 24.2 Å². The Labute approximate surface area is 212 Å². The van der Waals surface area contributed by atoms with Gasteiger partial charge in [-0.15, -0.1) is 0 Å². The zero-order chi connectivity index (χ0) is 28.7. The summed E-state index contributed by atoms with van der Waals surface area (Å²) in [4.78, 5) is 82.6. The van der Waals surface area contributed by atoms with Crippen LogP contribution in [0.5, 0.6) is 0 Å². The van der Waals surface area contributed by atoms with Gasteiger partial charge in [-0.3, -0.25) is 28.8 Å². The van der Waals surface area contributed by atoms with Crippen molar-refractivity contribution in [2.75, 3.05) is 6.54 Å². The van der Waals surface area contributed by atoms with Crippen molar-refractivity contribution in [1.29, 1.82) is 0 Å². The minimum atomic E-state index is -1.64. The van der Waals surface area contributed by atoms with Gasteiger partial charge >= 0.3 is 17.9 Å². The highest BCUT2D eigenvalue weighted by Gasteiger charge is 2.30. The summed E-state index contributed by atoms with van der Waals surface area (Å²) in [5.74, 6) is -7.54. The molecule has 16 heteroatoms. The van der Waals surface area contributed by atoms with Crippen molar-refractivity contribution in [2.24, 2.45) is 11.5 Å². The van der Waals surface area contributed by atoms with Crippen molar-refractivity contribution in [3.63, 3.8) is 0 Å². The standard InChI is InChI=1S/C21H36N6O10/c1-10(24-19(34)12(23)6-7-15(28)29)18(33)27-14(9-16(30)31)20(35)25-11(2)17(32)26-13(21(36)37)5-3-4-8-22/h10-14H,3-9,22-23H2,1-2H3,(H,24,34)(H,25,35)(H,26,32)(H,27,33)(H,28,29)(H,30,31)(H,36,37)/t10-,11-,12-,13-,14-/m0/s1. The molecule has 0 aromatic carbocycles. The van der Waals surface area contributed by atoms with Crippen molar-refractivity contribution in [3.05, 3.63) is 0 Å². The Bertz CT molecular complexity index is 852. The Kier molecular flexibility index (Phi) is 15.1. The number of rotatable bonds is 18. The van der Waals surface area contributed by atoms with E-state index in [1.807, 2.05) is 0 Å². The number of carboxylic acids is 3. The van der Waals surface area contributed by atoms with Crippen LogP contribution >= 0.6 is 0 Å². The number of nitrogens with one attached hydrogen (secondary N) is 4. The maximum absolute atomic E-state index is 12.6. The second kappa shape index (κ2) is 16.8. The topological polar surface area (TPSA) is 280 Å². The molecule has 0 heterocycles. The van der Waals surface area contributed by atoms with Crippen LogP contribution in [-0.4, -0.2) is 93.6 Å². The van der Waals surface area contributed by atoms with Crippen LogP contribution in [-0.2, 0) is 33.6 Å². The zero-order valence-corrected chi connectivity index (χ0v) is 20.7. The van der Waals surface area contributed by atoms with Gasteiger partial charge in [-0.2, -0.15) is 0 Å². The predicted octanol–water partition coefficient (Wildman–Crippen LogP) is -3.15. The van der Waals surface area contributed by atoms with Crippen LogP contribution in [0.25, 0.3) is 0 Å². The fourth-order valence-corrected chi connectivity index (χ4v) is 2.90. The van der Waals surface area contributed by atoms with E-state index in [0.29, 0.717) is 19.4 Å². The number of nitrogens with two attached hydrogens (primary N) is 2. The van der Waals surface area contributed by atoms with Crippen LogP contribution in [0.15, 0.2) is 0 Å². The number of carboxylic acid groups (broad SMARTS) is 3. The molecule has 0 radical (unpaired) electrons. The lowest BCUT2D eigenvalue weighted by Gasteiger charge is -2.23. The Balaban J connectivity index is 5.11. The Morgan fingerprint density at radius 3 is 1.65 bits per heavy atom. The molecule has 0 aromatic rings. The Morgan fingerprint density at radius 2 is 1.19 bits per heavy atom. The van der Waals surface area contributed by atoms with E-state index in [1.54, 1.807) is 0 Å². The molecule has 0 aliphatic carbocycles. The number of hydrogen-bond acceptors (Lipinski definition) is 9. The first-order valence-corrected chi connectivity index (χ1v) is 11.5. The van der Waals surface area contributed by atoms with E-state index in [4.69, 9.17) is 21.7 Å². The van der Waals surface area contributed by atoms with Gasteiger partial charge in [0.2, 0.25) is 23.6 Å². The number of carbonyl (C=O) groups is 7. The molecule has 16 nitrogen and oxygen atoms in total. The first kappa shape index (κ1) is 33.2. The summed E-state index contributed by atoms with van der Waals surface area (Å²) >= 11 is 0. The van der Waals surface area contributed by atoms with Gasteiger partial charge in [-0.05, 0) is 46.1 Å². The molecule has 0 aromatic heterocycles. The maximum atomic E-state index is 12.6. The summed E-state index contributed by atoms with van der Waals surface area (Å²) in [5.41, 5.74) is 10.9. The summed E-state index contributed by atoms with van der Waals surface area (Å²) in [5, 5.41) is 35.9. The largest absolute Gasteiger partial charge is 0.481 e. The monoisotopic (exact) mass is 532 g/mol. The van der Waals surface area contributed by atoms with E-state index in [0.717, 1.165) is 0 Å². The van der Waals surface area contributed by atoms with Gasteiger partial charge in [0.15, 0.2) is 0 Å². The van der Waals surface area contributed by atoms with Gasteiger partial charge < -0.3 is 48.1 Å². The van der Waals surface area contributed by atoms with Crippen LogP contribution in [0.2, 0.25) is 0 Å². The van der Waals surface area contributed by atoms with E-state index < -0.39 is 78.2 Å². The first-order valence-electron chi connectivity index (χ1n) is 11.5. The van der Waals surface area contributed by atoms with Crippen molar-refractivity contribution < 1.29 is 48.9 Å². The molecule has 0 rings (SSSR count). The third-order valence-electron chi connectivity index (χ3n) is 5.08. The van der Waals surface area contributed by atoms with Gasteiger partial charge in [-0.25, -0.2) is 4.79 Å². The summed E-state index contributed by atoms with van der Waals surface area (Å²) in [7, 11) is 0. The highest BCUT2D eigenvalue weighted by molar-refractivity contribution is 5.96. The van der Waals surface area contributed by atoms with Crippen LogP contribution in [0.4, 0.5) is 0 Å². The average Bonchev–Trinajstić information content (AvgIpc) is 2.80. The first-order chi connectivity index (χ1) is 17.2. The fraction of sp³-hybridized carbons (Fsp3) is 0.667. The molecule has 4 amide bonds. The molecule has 0 saturated heterocycles. The second-order valence-electron chi connectivity index (χ2n) is 8.34. The second-order valence-corrected chi connectivity index (χ2v) is 8.34. The zero-order valence-electron chi connectivity index (χ0n) is 20.7. The third kappa shape index (κ3) is 13.8. The normalized spacial score (nSPS) is 14.7. The minimum Gasteiger partial charge on any atom is -0.481 e. The fourth-order valence-electron chi connectivity index (χ4n) is 2.90. The predicted molar refractivity (Wildman–Crippen MR) is 127 cm³/mol. The number of hydrogen-bond donors (Lipinski definition) is 9. The smallest absolute Gasteiger partial charge is 0.326 e. The van der Waals surface area contributed by atoms with Gasteiger partial charge in [0.25, 0.3) is 0 Å². The third-order valence-corrected chi connectivity index (χ3v) is 5.08. The number of carbonyl (C=O) groups excluding carboxylic acids is 4. The molecule has 210 valence electrons. The average molecular weight is 533 g/mol. The highest BCUT2D eigenvalue weighted by atomic mass is 16.4. The van der Waals surface area contributed by atoms with Gasteiger partial charge in [0, 0.05) is 6.42 Å². The molecule has 0 saturated carbocycles. The van der Waals surface area contributed by atoms with E-state index in [9.17, 15) is 38.7 Å². The number of aliphatic carboxylic acids is 3. The lowest BCUT2D eigenvalue weighted by molar-refractivity contribution is -0.143. The van der Waals surface area contributed by atoms with Gasteiger partial charge in [0.05, 0.1) is 12.5 Å². The molecule has 0 aliphatic rings. The van der Waals surface area contributed by atoms with Crippen molar-refractivity contribution >= 4 is 41.5 Å². The molecule has 5 atom stereocenters. The SMILES string of the molecule is C[C@H](NC(=O)[C@H](CC(=O)O)NC(=O)[C@H](C)NC(=O)[C@@H](N)CCC(=O)O)C(=O)N[C@@H](CCCCN)C(=O)O. The van der Waals surface area contributed by atoms with Crippen LogP contribution in [0.1, 0.15) is 52.4 Å². The van der Waals surface area contributed by atoms with E-state index in [1.165, 1.54) is 13.8 Å². The van der Waals surface area contributed by atoms with E-state index >= 15 is 0 Å². The van der Waals surface area contributed by atoms with Crippen molar-refractivity contribution in [1.82, 2.24) is 21.3 Å². The van der Waals surface area contributed by atoms with Crippen molar-refractivity contribution in [2.45, 2.75) is 82.6 Å². The molecule has 0 unspecified atom stereocenters. The molecule has 0 aliphatic heterocycles. The number of unbranched alkanes of at least 4 members (excludes halogenated alkanes) is 1. The summed E-state index contributed by atoms with van der Waals surface area (Å²) < 4.78 is 0. The Morgan fingerprint density at radius 1 is 0.676 bits per heavy atom. The quantitative estimate of drug-likeness (QED) is 0.0791. The molecule has 37 heavy (non-hydrogen) atoms. The lowest BCUT2D eigenvalue weighted by Crippen LogP contribution is -2.57. The van der Waals surface area contributed by atoms with Crippen LogP contribution in [0.3, 0.4) is 0 Å². The van der Waals surface area contributed by atoms with Gasteiger partial charge in [-0.1, -0.05) is 0 Å². The molecule has 0 fully saturated rings. The van der Waals surface area contributed by atoms with E-state index in [2.05, 4.69) is 21.3 Å². The summed E-state index contributed by atoms with van der Waals surface area (Å²) in [6.07, 6.45) is -0.310. The minimum absolute atomic E-state index is 0.111. The molecule has 11 N–H and O–H groups in total.